The lowest BCUT2D eigenvalue weighted by atomic mass is 10.1. The van der Waals surface area contributed by atoms with Gasteiger partial charge in [0.25, 0.3) is 11.5 Å². The van der Waals surface area contributed by atoms with Crippen LogP contribution < -0.4 is 10.9 Å². The molecule has 0 atom stereocenters. The Labute approximate surface area is 137 Å². The van der Waals surface area contributed by atoms with E-state index in [9.17, 15) is 9.59 Å². The van der Waals surface area contributed by atoms with Crippen LogP contribution in [0.4, 0.5) is 0 Å². The van der Waals surface area contributed by atoms with Gasteiger partial charge >= 0.3 is 0 Å². The predicted molar refractivity (Wildman–Crippen MR) is 89.1 cm³/mol. The van der Waals surface area contributed by atoms with Gasteiger partial charge in [0.05, 0.1) is 17.8 Å². The van der Waals surface area contributed by atoms with Gasteiger partial charge in [-0.1, -0.05) is 13.8 Å². The molecule has 0 radical (unpaired) electrons. The van der Waals surface area contributed by atoms with Crippen LogP contribution in [0.1, 0.15) is 30.0 Å². The van der Waals surface area contributed by atoms with E-state index in [1.165, 1.54) is 0 Å². The molecule has 1 amide bonds. The van der Waals surface area contributed by atoms with E-state index >= 15 is 0 Å². The van der Waals surface area contributed by atoms with E-state index in [1.54, 1.807) is 22.7 Å². The molecule has 3 aromatic rings. The molecule has 24 heavy (non-hydrogen) atoms. The highest BCUT2D eigenvalue weighted by Gasteiger charge is 2.22. The molecule has 0 saturated carbocycles. The lowest BCUT2D eigenvalue weighted by molar-refractivity contribution is 0.0939. The van der Waals surface area contributed by atoms with Gasteiger partial charge in [0.1, 0.15) is 0 Å². The predicted octanol–water partition coefficient (Wildman–Crippen LogP) is 0.491. The lowest BCUT2D eigenvalue weighted by Crippen LogP contribution is -2.27. The molecule has 3 rings (SSSR count). The van der Waals surface area contributed by atoms with Crippen LogP contribution in [0.3, 0.4) is 0 Å². The van der Waals surface area contributed by atoms with Crippen molar-refractivity contribution in [2.45, 2.75) is 20.3 Å². The van der Waals surface area contributed by atoms with Crippen molar-refractivity contribution >= 4 is 22.7 Å². The second-order valence-electron chi connectivity index (χ2n) is 5.97. The van der Waals surface area contributed by atoms with Crippen molar-refractivity contribution in [3.8, 4) is 0 Å². The Morgan fingerprint density at radius 2 is 2.21 bits per heavy atom. The molecular weight excluding hydrogens is 310 g/mol. The van der Waals surface area contributed by atoms with Crippen molar-refractivity contribution in [2.24, 2.45) is 5.92 Å². The van der Waals surface area contributed by atoms with Gasteiger partial charge in [0, 0.05) is 12.7 Å². The number of nitrogens with zero attached hydrogens (tertiary/aromatic N) is 3. The Kier molecular flexibility index (Phi) is 4.30. The van der Waals surface area contributed by atoms with Crippen LogP contribution in [0.2, 0.25) is 0 Å². The second-order valence-corrected chi connectivity index (χ2v) is 5.97. The summed E-state index contributed by atoms with van der Waals surface area (Å²) in [5.41, 5.74) is 1.75. The number of pyridine rings is 1. The minimum Gasteiger partial charge on any atom is -0.395 e. The standard InChI is InChI=1S/C16H19N5O3/c1-9(2)8-11-12(15(23)18-6-7-22)20-14-16(24)19-10-4-3-5-17-13(10)21(11)14/h3-5,9,22H,6-8H2,1-2H3,(H,18,23)(H,19,24). The number of aliphatic hydroxyl groups is 1. The van der Waals surface area contributed by atoms with Gasteiger partial charge in [-0.2, -0.15) is 0 Å². The first-order valence-electron chi connectivity index (χ1n) is 7.80. The fraction of sp³-hybridized carbons (Fsp3) is 0.375. The molecule has 126 valence electrons. The molecule has 0 aliphatic rings. The summed E-state index contributed by atoms with van der Waals surface area (Å²) in [6, 6.07) is 3.49. The van der Waals surface area contributed by atoms with E-state index in [2.05, 4.69) is 20.3 Å². The van der Waals surface area contributed by atoms with E-state index in [0.29, 0.717) is 23.3 Å². The number of rotatable bonds is 5. The molecular formula is C16H19N5O3. The summed E-state index contributed by atoms with van der Waals surface area (Å²) >= 11 is 0. The average molecular weight is 329 g/mol. The van der Waals surface area contributed by atoms with Crippen molar-refractivity contribution < 1.29 is 9.90 Å². The molecule has 0 aromatic carbocycles. The molecule has 0 bridgehead atoms. The third-order valence-electron chi connectivity index (χ3n) is 3.64. The number of hydrogen-bond donors (Lipinski definition) is 3. The van der Waals surface area contributed by atoms with Gasteiger partial charge in [-0.15, -0.1) is 0 Å². The monoisotopic (exact) mass is 329 g/mol. The number of aromatic amines is 1. The van der Waals surface area contributed by atoms with E-state index in [-0.39, 0.29) is 36.0 Å². The highest BCUT2D eigenvalue weighted by atomic mass is 16.3. The van der Waals surface area contributed by atoms with Crippen LogP contribution in [-0.2, 0) is 6.42 Å². The zero-order chi connectivity index (χ0) is 17.3. The fourth-order valence-corrected chi connectivity index (χ4v) is 2.70. The van der Waals surface area contributed by atoms with Gasteiger partial charge in [-0.3, -0.25) is 14.0 Å². The number of aliphatic hydroxyl groups excluding tert-OH is 1. The molecule has 0 fully saturated rings. The second kappa shape index (κ2) is 6.40. The van der Waals surface area contributed by atoms with Crippen LogP contribution in [0.25, 0.3) is 16.8 Å². The van der Waals surface area contributed by atoms with E-state index in [1.807, 2.05) is 13.8 Å². The number of aromatic nitrogens is 4. The summed E-state index contributed by atoms with van der Waals surface area (Å²) in [6.07, 6.45) is 2.20. The zero-order valence-corrected chi connectivity index (χ0v) is 13.5. The molecule has 0 spiro atoms. The molecule has 3 heterocycles. The molecule has 0 aliphatic carbocycles. The van der Waals surface area contributed by atoms with Crippen molar-refractivity contribution in [3.63, 3.8) is 0 Å². The number of hydrogen-bond acceptors (Lipinski definition) is 5. The average Bonchev–Trinajstić information content (AvgIpc) is 2.92. The first-order chi connectivity index (χ1) is 11.5. The van der Waals surface area contributed by atoms with Crippen LogP contribution in [0, 0.1) is 5.92 Å². The first kappa shape index (κ1) is 16.1. The quantitative estimate of drug-likeness (QED) is 0.631. The number of imidazole rings is 1. The summed E-state index contributed by atoms with van der Waals surface area (Å²) in [6.45, 7) is 4.02. The van der Waals surface area contributed by atoms with Crippen LogP contribution >= 0.6 is 0 Å². The maximum absolute atomic E-state index is 12.4. The Morgan fingerprint density at radius 1 is 1.42 bits per heavy atom. The maximum atomic E-state index is 12.4. The van der Waals surface area contributed by atoms with E-state index in [0.717, 1.165) is 0 Å². The summed E-state index contributed by atoms with van der Waals surface area (Å²) < 4.78 is 1.65. The first-order valence-corrected chi connectivity index (χ1v) is 7.80. The lowest BCUT2D eigenvalue weighted by Gasteiger charge is -2.09. The molecule has 8 heteroatoms. The Balaban J connectivity index is 2.32. The van der Waals surface area contributed by atoms with Gasteiger partial charge in [-0.05, 0) is 24.5 Å². The van der Waals surface area contributed by atoms with Gasteiger partial charge < -0.3 is 15.4 Å². The minimum absolute atomic E-state index is 0.128. The number of fused-ring (bicyclic) bond motifs is 3. The largest absolute Gasteiger partial charge is 0.395 e. The number of H-pyrrole nitrogens is 1. The topological polar surface area (TPSA) is 112 Å². The van der Waals surface area contributed by atoms with Gasteiger partial charge in [0.15, 0.2) is 11.3 Å². The highest BCUT2D eigenvalue weighted by Crippen LogP contribution is 2.19. The Morgan fingerprint density at radius 3 is 2.92 bits per heavy atom. The minimum atomic E-state index is -0.410. The SMILES string of the molecule is CC(C)Cc1c(C(=O)NCCO)nc2c(=O)[nH]c3cccnc3n12. The smallest absolute Gasteiger partial charge is 0.292 e. The van der Waals surface area contributed by atoms with Crippen LogP contribution in [0.5, 0.6) is 0 Å². The summed E-state index contributed by atoms with van der Waals surface area (Å²) in [5.74, 6) is -0.153. The molecule has 3 aromatic heterocycles. The number of carbonyl (C=O) groups is 1. The third-order valence-corrected chi connectivity index (χ3v) is 3.64. The van der Waals surface area contributed by atoms with E-state index in [4.69, 9.17) is 5.11 Å². The van der Waals surface area contributed by atoms with Crippen molar-refractivity contribution in [2.75, 3.05) is 13.2 Å². The van der Waals surface area contributed by atoms with Crippen LogP contribution in [0.15, 0.2) is 23.1 Å². The molecule has 0 aliphatic heterocycles. The van der Waals surface area contributed by atoms with E-state index < -0.39 is 5.91 Å². The fourth-order valence-electron chi connectivity index (χ4n) is 2.70. The summed E-state index contributed by atoms with van der Waals surface area (Å²) in [4.78, 5) is 36.1. The molecule has 0 saturated heterocycles. The number of amides is 1. The zero-order valence-electron chi connectivity index (χ0n) is 13.5. The van der Waals surface area contributed by atoms with Crippen molar-refractivity contribution in [1.29, 1.82) is 0 Å². The summed E-state index contributed by atoms with van der Waals surface area (Å²) in [7, 11) is 0. The Hall–Kier alpha value is -2.74. The van der Waals surface area contributed by atoms with Crippen LogP contribution in [-0.4, -0.2) is 43.5 Å². The molecule has 0 unspecified atom stereocenters. The van der Waals surface area contributed by atoms with Crippen molar-refractivity contribution in [3.05, 3.63) is 40.1 Å². The number of nitrogens with one attached hydrogen (secondary N) is 2. The maximum Gasteiger partial charge on any atom is 0.292 e. The number of carbonyl (C=O) groups excluding carboxylic acids is 1. The van der Waals surface area contributed by atoms with Gasteiger partial charge in [-0.25, -0.2) is 9.97 Å². The molecule has 8 nitrogen and oxygen atoms in total. The highest BCUT2D eigenvalue weighted by molar-refractivity contribution is 5.95. The van der Waals surface area contributed by atoms with Gasteiger partial charge in [0.2, 0.25) is 5.65 Å². The third kappa shape index (κ3) is 2.76. The Bertz CT molecular complexity index is 957. The van der Waals surface area contributed by atoms with Crippen molar-refractivity contribution in [1.82, 2.24) is 24.7 Å². The normalized spacial score (nSPS) is 11.5. The summed E-state index contributed by atoms with van der Waals surface area (Å²) in [5, 5.41) is 11.5. The molecule has 3 N–H and O–H groups in total.